The predicted molar refractivity (Wildman–Crippen MR) is 184 cm³/mol. The molecule has 2 N–H and O–H groups in total. The number of esters is 1. The van der Waals surface area contributed by atoms with Crippen LogP contribution in [0.3, 0.4) is 0 Å². The van der Waals surface area contributed by atoms with Gasteiger partial charge in [-0.3, -0.25) is 19.2 Å². The molecule has 11 nitrogen and oxygen atoms in total. The first-order chi connectivity index (χ1) is 23.6. The third-order valence-electron chi connectivity index (χ3n) is 9.10. The number of guanidine groups is 1. The lowest BCUT2D eigenvalue weighted by atomic mass is 9.75. The van der Waals surface area contributed by atoms with E-state index in [1.807, 2.05) is 27.7 Å². The molecule has 14 heteroatoms. The van der Waals surface area contributed by atoms with Gasteiger partial charge < -0.3 is 10.5 Å². The third kappa shape index (κ3) is 6.98. The van der Waals surface area contributed by atoms with Gasteiger partial charge in [-0.25, -0.2) is 14.5 Å². The van der Waals surface area contributed by atoms with Crippen molar-refractivity contribution in [2.24, 2.45) is 21.6 Å². The van der Waals surface area contributed by atoms with Crippen LogP contribution >= 0.6 is 11.6 Å². The maximum absolute atomic E-state index is 14.9. The van der Waals surface area contributed by atoms with Gasteiger partial charge in [-0.2, -0.15) is 19.0 Å². The molecular weight excluding hydrogens is 666 g/mol. The molecule has 1 saturated carbocycles. The maximum atomic E-state index is 14.9. The predicted octanol–water partition coefficient (Wildman–Crippen LogP) is 7.60. The number of amides is 1. The molecule has 50 heavy (non-hydrogen) atoms. The molecule has 2 aliphatic rings. The van der Waals surface area contributed by atoms with Crippen LogP contribution in [-0.4, -0.2) is 48.9 Å². The molecule has 1 aliphatic carbocycles. The maximum Gasteiger partial charge on any atom is 0.333 e. The van der Waals surface area contributed by atoms with Gasteiger partial charge in [0.1, 0.15) is 6.61 Å². The Morgan fingerprint density at radius 1 is 1.10 bits per heavy atom. The zero-order valence-electron chi connectivity index (χ0n) is 28.1. The zero-order valence-corrected chi connectivity index (χ0v) is 28.9. The van der Waals surface area contributed by atoms with Crippen LogP contribution in [0.2, 0.25) is 5.02 Å². The molecular formula is C36H37ClF2N8O3. The Kier molecular flexibility index (Phi) is 9.03. The van der Waals surface area contributed by atoms with Crippen LogP contribution in [0.25, 0.3) is 21.7 Å². The molecule has 260 valence electrons. The van der Waals surface area contributed by atoms with Crippen LogP contribution in [0.1, 0.15) is 77.1 Å². The third-order valence-corrected chi connectivity index (χ3v) is 9.42. The largest absolute Gasteiger partial charge is 0.463 e. The Morgan fingerprint density at radius 3 is 2.42 bits per heavy atom. The number of hydrogen-bond donors (Lipinski definition) is 1. The minimum absolute atomic E-state index is 0.0531. The number of carbonyl (C=O) groups excluding carboxylic acids is 2. The molecule has 0 spiro atoms. The van der Waals surface area contributed by atoms with Crippen molar-refractivity contribution in [2.45, 2.75) is 71.5 Å². The minimum atomic E-state index is -2.77. The molecule has 3 heterocycles. The highest BCUT2D eigenvalue weighted by atomic mass is 35.5. The lowest BCUT2D eigenvalue weighted by Crippen LogP contribution is -2.47. The lowest BCUT2D eigenvalue weighted by molar-refractivity contribution is -0.148. The van der Waals surface area contributed by atoms with E-state index < -0.39 is 29.5 Å². The van der Waals surface area contributed by atoms with Crippen molar-refractivity contribution in [3.05, 3.63) is 94.8 Å². The fourth-order valence-electron chi connectivity index (χ4n) is 6.30. The summed E-state index contributed by atoms with van der Waals surface area (Å²) >= 11 is 6.59. The molecule has 0 unspecified atom stereocenters. The number of carbonyl (C=O) groups is 2. The van der Waals surface area contributed by atoms with E-state index in [2.05, 4.69) is 15.0 Å². The van der Waals surface area contributed by atoms with Gasteiger partial charge in [0.2, 0.25) is 5.69 Å². The van der Waals surface area contributed by atoms with Crippen molar-refractivity contribution in [1.82, 2.24) is 24.5 Å². The summed E-state index contributed by atoms with van der Waals surface area (Å²) in [5, 5.41) is 8.35. The second-order valence-electron chi connectivity index (χ2n) is 14.5. The van der Waals surface area contributed by atoms with Gasteiger partial charge in [0.15, 0.2) is 11.5 Å². The summed E-state index contributed by atoms with van der Waals surface area (Å²) in [5.41, 5.74) is 7.74. The first-order valence-electron chi connectivity index (χ1n) is 16.1. The highest BCUT2D eigenvalue weighted by molar-refractivity contribution is 6.32. The van der Waals surface area contributed by atoms with Crippen LogP contribution in [0.5, 0.6) is 0 Å². The van der Waals surface area contributed by atoms with E-state index in [4.69, 9.17) is 33.6 Å². The van der Waals surface area contributed by atoms with E-state index >= 15 is 0 Å². The van der Waals surface area contributed by atoms with Gasteiger partial charge in [-0.1, -0.05) is 69.6 Å². The number of ether oxygens (including phenoxy) is 1. The van der Waals surface area contributed by atoms with Crippen LogP contribution in [0.15, 0.2) is 72.2 Å². The van der Waals surface area contributed by atoms with Gasteiger partial charge in [0.05, 0.1) is 42.1 Å². The van der Waals surface area contributed by atoms with Crippen LogP contribution < -0.4 is 5.73 Å². The lowest BCUT2D eigenvalue weighted by Gasteiger charge is -2.35. The number of aliphatic imine (C=N–C) groups is 1. The highest BCUT2D eigenvalue weighted by Gasteiger charge is 2.53. The Bertz CT molecular complexity index is 2010. The van der Waals surface area contributed by atoms with E-state index in [1.165, 1.54) is 34.4 Å². The van der Waals surface area contributed by atoms with Gasteiger partial charge in [-0.05, 0) is 58.9 Å². The number of nitrogens with two attached hydrogens (primary N) is 1. The van der Waals surface area contributed by atoms with Crippen molar-refractivity contribution in [1.29, 1.82) is 0 Å². The van der Waals surface area contributed by atoms with Crippen LogP contribution in [0, 0.1) is 17.4 Å². The monoisotopic (exact) mass is 702 g/mol. The molecule has 0 radical (unpaired) electrons. The number of benzene rings is 2. The van der Waals surface area contributed by atoms with Gasteiger partial charge in [0, 0.05) is 18.0 Å². The van der Waals surface area contributed by atoms with Crippen LogP contribution in [0.4, 0.5) is 14.5 Å². The van der Waals surface area contributed by atoms with Crippen molar-refractivity contribution in [3.63, 3.8) is 0 Å². The molecule has 2 aromatic carbocycles. The number of hydrogen-bond acceptors (Lipinski definition) is 7. The number of aromatic nitrogens is 4. The molecule has 1 fully saturated rings. The van der Waals surface area contributed by atoms with E-state index in [-0.39, 0.29) is 36.8 Å². The Morgan fingerprint density at radius 2 is 1.82 bits per heavy atom. The average Bonchev–Trinajstić information content (AvgIpc) is 3.42. The van der Waals surface area contributed by atoms with Gasteiger partial charge in [0.25, 0.3) is 5.91 Å². The van der Waals surface area contributed by atoms with E-state index in [1.54, 1.807) is 42.5 Å². The van der Waals surface area contributed by atoms with Crippen molar-refractivity contribution >= 4 is 35.1 Å². The molecule has 2 atom stereocenters. The zero-order chi connectivity index (χ0) is 36.0. The second-order valence-corrected chi connectivity index (χ2v) is 14.9. The summed E-state index contributed by atoms with van der Waals surface area (Å²) in [6, 6.07) is 11.2. The summed E-state index contributed by atoms with van der Waals surface area (Å²) in [4.78, 5) is 37.6. The molecule has 6 rings (SSSR count). The van der Waals surface area contributed by atoms with E-state index in [9.17, 15) is 18.4 Å². The highest BCUT2D eigenvalue weighted by Crippen LogP contribution is 2.49. The number of alkyl halides is 2. The molecule has 2 aromatic heterocycles. The minimum Gasteiger partial charge on any atom is -0.463 e. The van der Waals surface area contributed by atoms with E-state index in [0.717, 1.165) is 12.8 Å². The fourth-order valence-corrected chi connectivity index (χ4v) is 6.51. The molecule has 1 amide bonds. The Balaban J connectivity index is 1.39. The summed E-state index contributed by atoms with van der Waals surface area (Å²) in [5.74, 6) is -0.848. The summed E-state index contributed by atoms with van der Waals surface area (Å²) in [6.45, 7) is 12.4. The fraction of sp³-hybridized carbons (Fsp3) is 0.389. The quantitative estimate of drug-likeness (QED) is 0.127. The van der Waals surface area contributed by atoms with Gasteiger partial charge >= 0.3 is 12.5 Å². The standard InChI is InChI=1S/C36H37ClF2N8O3/c1-34(2,3)21-36(25-9-6-22(7-10-25)24-16-42-46(18-24)32(38)39)31(49)47(33(40)44-36)29(20-50-30(48)15-35(4)12-13-35)23-8-11-27(37)28(14-23)45-19-26(41-5)17-43-45/h6-11,14,16-19,29,32H,12-13,15,20-21H2,1-4H3,(H2,40,44)/t29-,36-/m1/s1. The number of halogens is 3. The van der Waals surface area contributed by atoms with Crippen molar-refractivity contribution < 1.29 is 23.1 Å². The SMILES string of the molecule is [C-]#[N+]c1cnn(-c2cc([C@@H](COC(=O)CC3(C)CC3)N3C(=O)[C@@](CC(C)(C)C)(c4ccc(-c5cnn(C(F)F)c5)cc4)N=C3N)ccc2Cl)c1. The molecule has 0 bridgehead atoms. The van der Waals surface area contributed by atoms with E-state index in [0.29, 0.717) is 43.3 Å². The summed E-state index contributed by atoms with van der Waals surface area (Å²) in [6.07, 6.45) is 7.98. The average molecular weight is 703 g/mol. The normalized spacial score (nSPS) is 19.0. The second kappa shape index (κ2) is 13.0. The topological polar surface area (TPSA) is 125 Å². The van der Waals surface area contributed by atoms with Crippen LogP contribution in [-0.2, 0) is 19.9 Å². The molecule has 4 aromatic rings. The van der Waals surface area contributed by atoms with Gasteiger partial charge in [-0.15, -0.1) is 0 Å². The molecule has 1 aliphatic heterocycles. The Hall–Kier alpha value is -5.09. The Labute approximate surface area is 293 Å². The van der Waals surface area contributed by atoms with Crippen molar-refractivity contribution in [2.75, 3.05) is 6.61 Å². The summed E-state index contributed by atoms with van der Waals surface area (Å²) < 4.78 is 34.2. The number of rotatable bonds is 11. The first-order valence-corrected chi connectivity index (χ1v) is 16.5. The first kappa shape index (κ1) is 34.8. The smallest absolute Gasteiger partial charge is 0.333 e. The number of nitrogens with zero attached hydrogens (tertiary/aromatic N) is 7. The van der Waals surface area contributed by atoms with Crippen molar-refractivity contribution in [3.8, 4) is 16.8 Å². The summed E-state index contributed by atoms with van der Waals surface area (Å²) in [7, 11) is 0. The molecule has 0 saturated heterocycles.